The Kier molecular flexibility index (Phi) is 9.96. The summed E-state index contributed by atoms with van der Waals surface area (Å²) in [6.07, 6.45) is 0.896. The summed E-state index contributed by atoms with van der Waals surface area (Å²) in [6, 6.07) is 0. The Balaban J connectivity index is 5.37. The van der Waals surface area contributed by atoms with Crippen molar-refractivity contribution in [2.75, 3.05) is 13.2 Å². The molecule has 0 fully saturated rings. The number of hydrogen-bond donors (Lipinski definition) is 2. The average Bonchev–Trinajstić information content (AvgIpc) is 2.58. The summed E-state index contributed by atoms with van der Waals surface area (Å²) in [5, 5.41) is 17.5. The minimum absolute atomic E-state index is 0.0783. The van der Waals surface area contributed by atoms with Crippen molar-refractivity contribution in [3.05, 3.63) is 24.3 Å². The van der Waals surface area contributed by atoms with Gasteiger partial charge < -0.3 is 10.2 Å². The van der Waals surface area contributed by atoms with Crippen molar-refractivity contribution < 1.29 is 45.3 Å². The number of aliphatic hydroxyl groups is 2. The maximum absolute atomic E-state index is 13.6. The van der Waals surface area contributed by atoms with E-state index in [0.717, 1.165) is 0 Å². The molecule has 0 amide bonds. The van der Waals surface area contributed by atoms with Crippen molar-refractivity contribution in [1.29, 1.82) is 0 Å². The monoisotopic (exact) mass is 412 g/mol. The molecule has 0 spiro atoms. The van der Waals surface area contributed by atoms with Crippen molar-refractivity contribution in [3.63, 3.8) is 0 Å². The van der Waals surface area contributed by atoms with Gasteiger partial charge >= 0.3 is 23.7 Å². The lowest BCUT2D eigenvalue weighted by Gasteiger charge is -2.34. The zero-order chi connectivity index (χ0) is 21.4. The van der Waals surface area contributed by atoms with Crippen molar-refractivity contribution in [3.8, 4) is 0 Å². The van der Waals surface area contributed by atoms with Gasteiger partial charge in [-0.15, -0.1) is 0 Å². The molecule has 160 valence electrons. The Bertz CT molecular complexity index is 485. The fourth-order valence-electron chi connectivity index (χ4n) is 1.99. The number of halogens is 8. The summed E-state index contributed by atoms with van der Waals surface area (Å²) in [7, 11) is 0. The minimum Gasteiger partial charge on any atom is -0.396 e. The van der Waals surface area contributed by atoms with Gasteiger partial charge in [-0.3, -0.25) is 0 Å². The number of rotatable bonds is 13. The number of unbranched alkanes of at least 4 members (excludes halogenated alkanes) is 3. The standard InChI is InChI=1S/C17H24F8O2/c1-2-3-4-5-6-9-14(18,19)16(22,23)17(24,25)15(20,21)10-7-8-13(11-26)12-27/h6-7,9-10,13,26-27H,2-5,8,11-12H2,1H3/b9-6+,10-7+. The topological polar surface area (TPSA) is 40.5 Å². The van der Waals surface area contributed by atoms with Crippen LogP contribution in [-0.4, -0.2) is 47.1 Å². The molecule has 0 aromatic carbocycles. The van der Waals surface area contributed by atoms with Crippen molar-refractivity contribution in [2.45, 2.75) is 62.7 Å². The molecule has 0 aliphatic heterocycles. The van der Waals surface area contributed by atoms with E-state index < -0.39 is 61.4 Å². The molecule has 0 bridgehead atoms. The lowest BCUT2D eigenvalue weighted by molar-refractivity contribution is -0.344. The molecule has 0 aliphatic carbocycles. The highest BCUT2D eigenvalue weighted by Gasteiger charge is 2.79. The normalized spacial score (nSPS) is 14.8. The van der Waals surface area contributed by atoms with Crippen LogP contribution in [0.1, 0.15) is 39.0 Å². The van der Waals surface area contributed by atoms with Crippen molar-refractivity contribution >= 4 is 0 Å². The summed E-state index contributed by atoms with van der Waals surface area (Å²) in [6.45, 7) is 0.464. The summed E-state index contributed by atoms with van der Waals surface area (Å²) in [5.41, 5.74) is 0. The van der Waals surface area contributed by atoms with Crippen LogP contribution in [0.2, 0.25) is 0 Å². The second kappa shape index (κ2) is 10.4. The Morgan fingerprint density at radius 2 is 1.19 bits per heavy atom. The van der Waals surface area contributed by atoms with Gasteiger partial charge in [0.2, 0.25) is 0 Å². The van der Waals surface area contributed by atoms with Gasteiger partial charge in [0.15, 0.2) is 0 Å². The molecule has 2 N–H and O–H groups in total. The SMILES string of the molecule is CCCCC/C=C/C(F)(F)C(F)(F)C(F)(F)C(F)(F)/C=C/CC(CO)CO. The van der Waals surface area contributed by atoms with Crippen LogP contribution in [0, 0.1) is 5.92 Å². The first-order valence-corrected chi connectivity index (χ1v) is 8.39. The molecule has 0 aromatic heterocycles. The fourth-order valence-corrected chi connectivity index (χ4v) is 1.99. The quantitative estimate of drug-likeness (QED) is 0.248. The molecule has 2 nitrogen and oxygen atoms in total. The molecule has 0 heterocycles. The summed E-state index contributed by atoms with van der Waals surface area (Å²) < 4.78 is 109. The molecule has 0 saturated carbocycles. The molecule has 0 unspecified atom stereocenters. The average molecular weight is 412 g/mol. The van der Waals surface area contributed by atoms with E-state index in [9.17, 15) is 35.1 Å². The van der Waals surface area contributed by atoms with E-state index in [1.807, 2.05) is 0 Å². The maximum atomic E-state index is 13.6. The number of aliphatic hydroxyl groups excluding tert-OH is 2. The molecule has 0 rings (SSSR count). The molecule has 0 aliphatic rings. The highest BCUT2D eigenvalue weighted by atomic mass is 19.4. The molecule has 0 atom stereocenters. The first-order chi connectivity index (χ1) is 12.3. The summed E-state index contributed by atoms with van der Waals surface area (Å²) in [4.78, 5) is 0. The maximum Gasteiger partial charge on any atom is 0.382 e. The molecule has 0 radical (unpaired) electrons. The molecule has 27 heavy (non-hydrogen) atoms. The largest absolute Gasteiger partial charge is 0.396 e. The Morgan fingerprint density at radius 1 is 0.741 bits per heavy atom. The second-order valence-corrected chi connectivity index (χ2v) is 6.16. The predicted molar refractivity (Wildman–Crippen MR) is 84.5 cm³/mol. The van der Waals surface area contributed by atoms with Crippen LogP contribution < -0.4 is 0 Å². The lowest BCUT2D eigenvalue weighted by atomic mass is 9.96. The van der Waals surface area contributed by atoms with Gasteiger partial charge in [0.05, 0.1) is 0 Å². The van der Waals surface area contributed by atoms with E-state index in [4.69, 9.17) is 10.2 Å². The molecule has 10 heteroatoms. The third kappa shape index (κ3) is 6.44. The third-order valence-electron chi connectivity index (χ3n) is 3.85. The number of alkyl halides is 8. The van der Waals surface area contributed by atoms with Crippen LogP contribution in [-0.2, 0) is 0 Å². The van der Waals surface area contributed by atoms with Gasteiger partial charge in [-0.05, 0) is 31.4 Å². The second-order valence-electron chi connectivity index (χ2n) is 6.16. The lowest BCUT2D eigenvalue weighted by Crippen LogP contribution is -2.61. The van der Waals surface area contributed by atoms with E-state index in [-0.39, 0.29) is 6.42 Å². The van der Waals surface area contributed by atoms with Gasteiger partial charge in [-0.2, -0.15) is 35.1 Å². The number of allylic oxidation sites excluding steroid dienone is 4. The van der Waals surface area contributed by atoms with Gasteiger partial charge in [-0.25, -0.2) is 0 Å². The zero-order valence-electron chi connectivity index (χ0n) is 14.8. The summed E-state index contributed by atoms with van der Waals surface area (Å²) >= 11 is 0. The zero-order valence-corrected chi connectivity index (χ0v) is 14.8. The van der Waals surface area contributed by atoms with Crippen molar-refractivity contribution in [1.82, 2.24) is 0 Å². The smallest absolute Gasteiger partial charge is 0.382 e. The first kappa shape index (κ1) is 25.8. The highest BCUT2D eigenvalue weighted by Crippen LogP contribution is 2.53. The van der Waals surface area contributed by atoms with Crippen LogP contribution in [0.3, 0.4) is 0 Å². The van der Waals surface area contributed by atoms with Crippen LogP contribution in [0.4, 0.5) is 35.1 Å². The van der Waals surface area contributed by atoms with E-state index in [1.165, 1.54) is 0 Å². The minimum atomic E-state index is -6.37. The predicted octanol–water partition coefficient (Wildman–Crippen LogP) is 5.21. The highest BCUT2D eigenvalue weighted by molar-refractivity contribution is 5.16. The molecule has 0 saturated heterocycles. The Labute approximate surface area is 152 Å². The molecular formula is C17H24F8O2. The van der Waals surface area contributed by atoms with Gasteiger partial charge in [0.1, 0.15) is 0 Å². The number of hydrogen-bond acceptors (Lipinski definition) is 2. The first-order valence-electron chi connectivity index (χ1n) is 8.39. The Hall–Kier alpha value is -1.16. The van der Waals surface area contributed by atoms with Crippen molar-refractivity contribution in [2.24, 2.45) is 5.92 Å². The van der Waals surface area contributed by atoms with E-state index in [1.54, 1.807) is 6.92 Å². The van der Waals surface area contributed by atoms with Crippen LogP contribution >= 0.6 is 0 Å². The van der Waals surface area contributed by atoms with Crippen LogP contribution in [0.15, 0.2) is 24.3 Å². The van der Waals surface area contributed by atoms with E-state index in [0.29, 0.717) is 31.4 Å². The third-order valence-corrected chi connectivity index (χ3v) is 3.85. The molecular weight excluding hydrogens is 388 g/mol. The van der Waals surface area contributed by atoms with Gasteiger partial charge in [-0.1, -0.05) is 31.9 Å². The van der Waals surface area contributed by atoms with E-state index >= 15 is 0 Å². The fraction of sp³-hybridized carbons (Fsp3) is 0.765. The summed E-state index contributed by atoms with van der Waals surface area (Å²) in [5.74, 6) is -24.8. The molecule has 0 aromatic rings. The Morgan fingerprint density at radius 3 is 1.59 bits per heavy atom. The van der Waals surface area contributed by atoms with Crippen LogP contribution in [0.5, 0.6) is 0 Å². The van der Waals surface area contributed by atoms with Gasteiger partial charge in [0.25, 0.3) is 0 Å². The van der Waals surface area contributed by atoms with Gasteiger partial charge in [0, 0.05) is 19.1 Å². The van der Waals surface area contributed by atoms with Crippen LogP contribution in [0.25, 0.3) is 0 Å². The van der Waals surface area contributed by atoms with E-state index in [2.05, 4.69) is 0 Å².